The molecule has 1 atom stereocenters. The number of amides is 1. The molecule has 0 aliphatic carbocycles. The fourth-order valence-electron chi connectivity index (χ4n) is 2.01. The Morgan fingerprint density at radius 3 is 2.95 bits per heavy atom. The zero-order valence-corrected chi connectivity index (χ0v) is 11.0. The molecule has 1 aromatic heterocycles. The van der Waals surface area contributed by atoms with Crippen molar-refractivity contribution >= 4 is 23.0 Å². The predicted molar refractivity (Wildman–Crippen MR) is 71.4 cm³/mol. The second-order valence-corrected chi connectivity index (χ2v) is 5.30. The number of hydrogen-bond acceptors (Lipinski definition) is 4. The van der Waals surface area contributed by atoms with E-state index in [1.54, 1.807) is 31.2 Å². The van der Waals surface area contributed by atoms with Crippen molar-refractivity contribution < 1.29 is 14.4 Å². The van der Waals surface area contributed by atoms with Crippen LogP contribution in [0.2, 0.25) is 0 Å². The van der Waals surface area contributed by atoms with E-state index in [0.29, 0.717) is 16.2 Å². The Balaban J connectivity index is 1.98. The molecule has 4 nitrogen and oxygen atoms in total. The Kier molecular flexibility index (Phi) is 2.83. The first-order valence-corrected chi connectivity index (χ1v) is 6.73. The van der Waals surface area contributed by atoms with Crippen LogP contribution >= 0.6 is 11.3 Å². The van der Waals surface area contributed by atoms with Crippen LogP contribution in [0.3, 0.4) is 0 Å². The van der Waals surface area contributed by atoms with Crippen molar-refractivity contribution in [3.8, 4) is 5.75 Å². The molecule has 96 valence electrons. The van der Waals surface area contributed by atoms with Crippen molar-refractivity contribution in [2.45, 2.75) is 12.8 Å². The van der Waals surface area contributed by atoms with Gasteiger partial charge >= 0.3 is 0 Å². The summed E-state index contributed by atoms with van der Waals surface area (Å²) < 4.78 is 0. The summed E-state index contributed by atoms with van der Waals surface area (Å²) in [6, 6.07) is 8.82. The van der Waals surface area contributed by atoms with E-state index in [0.717, 1.165) is 5.56 Å². The molecule has 1 aliphatic heterocycles. The molecule has 0 saturated carbocycles. The van der Waals surface area contributed by atoms with Gasteiger partial charge in [0.25, 0.3) is 5.91 Å². The maximum absolute atomic E-state index is 12.2. The number of nitrogens with one attached hydrogen (secondary N) is 1. The van der Waals surface area contributed by atoms with Gasteiger partial charge in [0.05, 0.1) is 10.8 Å². The monoisotopic (exact) mass is 273 g/mol. The summed E-state index contributed by atoms with van der Waals surface area (Å²) in [6.45, 7) is 1.80. The molecule has 2 aromatic rings. The predicted octanol–water partition coefficient (Wildman–Crippen LogP) is 2.51. The van der Waals surface area contributed by atoms with Crippen LogP contribution in [0.4, 0.5) is 0 Å². The van der Waals surface area contributed by atoms with E-state index in [4.69, 9.17) is 4.84 Å². The zero-order valence-electron chi connectivity index (χ0n) is 10.2. The van der Waals surface area contributed by atoms with E-state index in [1.807, 2.05) is 11.4 Å². The van der Waals surface area contributed by atoms with E-state index < -0.39 is 0 Å². The Bertz CT molecular complexity index is 649. The lowest BCUT2D eigenvalue weighted by Crippen LogP contribution is -2.35. The summed E-state index contributed by atoms with van der Waals surface area (Å²) in [6.07, 6.45) is 0. The summed E-state index contributed by atoms with van der Waals surface area (Å²) >= 11 is 1.40. The SMILES string of the molecule is CC1C(=O)NOc2cc(C(=O)c3cccs3)ccc21. The van der Waals surface area contributed by atoms with Gasteiger partial charge in [-0.1, -0.05) is 18.2 Å². The van der Waals surface area contributed by atoms with Gasteiger partial charge in [-0.15, -0.1) is 11.3 Å². The molecule has 0 bridgehead atoms. The van der Waals surface area contributed by atoms with Gasteiger partial charge in [0, 0.05) is 11.1 Å². The molecule has 1 aliphatic rings. The lowest BCUT2D eigenvalue weighted by atomic mass is 9.96. The number of thiophene rings is 1. The maximum atomic E-state index is 12.2. The van der Waals surface area contributed by atoms with Gasteiger partial charge in [-0.2, -0.15) is 5.48 Å². The van der Waals surface area contributed by atoms with Gasteiger partial charge in [0.2, 0.25) is 5.78 Å². The normalized spacial score (nSPS) is 17.3. The first kappa shape index (κ1) is 11.9. The molecule has 1 amide bonds. The molecule has 2 heterocycles. The van der Waals surface area contributed by atoms with Crippen molar-refractivity contribution in [3.05, 3.63) is 51.7 Å². The fraction of sp³-hybridized carbons (Fsp3) is 0.143. The summed E-state index contributed by atoms with van der Waals surface area (Å²) in [7, 11) is 0. The summed E-state index contributed by atoms with van der Waals surface area (Å²) in [4.78, 5) is 29.5. The summed E-state index contributed by atoms with van der Waals surface area (Å²) in [5, 5.41) is 1.87. The van der Waals surface area contributed by atoms with E-state index in [-0.39, 0.29) is 17.6 Å². The second-order valence-electron chi connectivity index (χ2n) is 4.35. The number of ketones is 1. The molecule has 0 spiro atoms. The van der Waals surface area contributed by atoms with Crippen LogP contribution in [0.25, 0.3) is 0 Å². The highest BCUT2D eigenvalue weighted by Crippen LogP contribution is 2.31. The lowest BCUT2D eigenvalue weighted by molar-refractivity contribution is -0.130. The third kappa shape index (κ3) is 2.02. The molecule has 5 heteroatoms. The largest absolute Gasteiger partial charge is 0.379 e. The number of rotatable bonds is 2. The van der Waals surface area contributed by atoms with Crippen molar-refractivity contribution in [2.75, 3.05) is 0 Å². The van der Waals surface area contributed by atoms with E-state index in [2.05, 4.69) is 5.48 Å². The average Bonchev–Trinajstić information content (AvgIpc) is 2.96. The Morgan fingerprint density at radius 2 is 2.21 bits per heavy atom. The van der Waals surface area contributed by atoms with Crippen LogP contribution in [0, 0.1) is 0 Å². The highest BCUT2D eigenvalue weighted by Gasteiger charge is 2.26. The van der Waals surface area contributed by atoms with Gasteiger partial charge in [-0.25, -0.2) is 0 Å². The minimum Gasteiger partial charge on any atom is -0.379 e. The van der Waals surface area contributed by atoms with Gasteiger partial charge in [0.15, 0.2) is 5.75 Å². The molecule has 1 N–H and O–H groups in total. The third-order valence-corrected chi connectivity index (χ3v) is 4.01. The van der Waals surface area contributed by atoms with Crippen LogP contribution in [-0.4, -0.2) is 11.7 Å². The van der Waals surface area contributed by atoms with Crippen LogP contribution < -0.4 is 10.3 Å². The highest BCUT2D eigenvalue weighted by atomic mass is 32.1. The Morgan fingerprint density at radius 1 is 1.37 bits per heavy atom. The van der Waals surface area contributed by atoms with Gasteiger partial charge < -0.3 is 4.84 Å². The van der Waals surface area contributed by atoms with Crippen molar-refractivity contribution in [2.24, 2.45) is 0 Å². The molecule has 0 radical (unpaired) electrons. The quantitative estimate of drug-likeness (QED) is 0.855. The molecule has 3 rings (SSSR count). The van der Waals surface area contributed by atoms with Crippen molar-refractivity contribution in [1.82, 2.24) is 5.48 Å². The van der Waals surface area contributed by atoms with Crippen molar-refractivity contribution in [1.29, 1.82) is 0 Å². The van der Waals surface area contributed by atoms with Crippen molar-refractivity contribution in [3.63, 3.8) is 0 Å². The average molecular weight is 273 g/mol. The third-order valence-electron chi connectivity index (χ3n) is 3.14. The molecule has 0 saturated heterocycles. The van der Waals surface area contributed by atoms with Gasteiger partial charge in [-0.05, 0) is 24.4 Å². The number of hydroxylamine groups is 1. The van der Waals surface area contributed by atoms with Crippen LogP contribution in [-0.2, 0) is 4.79 Å². The number of fused-ring (bicyclic) bond motifs is 1. The number of benzene rings is 1. The van der Waals surface area contributed by atoms with Crippen LogP contribution in [0.15, 0.2) is 35.7 Å². The smallest absolute Gasteiger partial charge is 0.259 e. The Labute approximate surface area is 114 Å². The zero-order chi connectivity index (χ0) is 13.4. The topological polar surface area (TPSA) is 55.4 Å². The van der Waals surface area contributed by atoms with E-state index >= 15 is 0 Å². The molecule has 1 unspecified atom stereocenters. The first-order valence-electron chi connectivity index (χ1n) is 5.85. The number of hydrogen-bond donors (Lipinski definition) is 1. The van der Waals surface area contributed by atoms with E-state index in [9.17, 15) is 9.59 Å². The molecule has 1 aromatic carbocycles. The molecule has 19 heavy (non-hydrogen) atoms. The molecular weight excluding hydrogens is 262 g/mol. The van der Waals surface area contributed by atoms with Crippen LogP contribution in [0.5, 0.6) is 5.75 Å². The number of carbonyl (C=O) groups excluding carboxylic acids is 2. The minimum atomic E-state index is -0.269. The minimum absolute atomic E-state index is 0.0362. The first-order chi connectivity index (χ1) is 9.16. The standard InChI is InChI=1S/C14H11NO3S/c1-8-10-5-4-9(7-11(10)18-15-14(8)17)13(16)12-3-2-6-19-12/h2-8H,1H3,(H,15,17). The van der Waals surface area contributed by atoms with Gasteiger partial charge in [0.1, 0.15) is 0 Å². The van der Waals surface area contributed by atoms with E-state index in [1.165, 1.54) is 11.3 Å². The summed E-state index contributed by atoms with van der Waals surface area (Å²) in [5.41, 5.74) is 3.70. The molecular formula is C14H11NO3S. The number of carbonyl (C=O) groups is 2. The Hall–Kier alpha value is -2.14. The fourth-order valence-corrected chi connectivity index (χ4v) is 2.69. The lowest BCUT2D eigenvalue weighted by Gasteiger charge is -2.22. The maximum Gasteiger partial charge on any atom is 0.259 e. The van der Waals surface area contributed by atoms with Gasteiger partial charge in [-0.3, -0.25) is 9.59 Å². The van der Waals surface area contributed by atoms with Crippen LogP contribution in [0.1, 0.15) is 33.6 Å². The highest BCUT2D eigenvalue weighted by molar-refractivity contribution is 7.12. The summed E-state index contributed by atoms with van der Waals surface area (Å²) in [5.74, 6) is 0.0555. The molecule has 0 fully saturated rings. The second kappa shape index (κ2) is 4.51.